The van der Waals surface area contributed by atoms with Gasteiger partial charge in [-0.2, -0.15) is 9.29 Å². The topological polar surface area (TPSA) is 76.3 Å². The van der Waals surface area contributed by atoms with Crippen molar-refractivity contribution in [2.24, 2.45) is 0 Å². The highest BCUT2D eigenvalue weighted by atomic mass is 35.5. The maximum absolute atomic E-state index is 13.3. The van der Waals surface area contributed by atoms with E-state index in [4.69, 9.17) is 16.1 Å². The Morgan fingerprint density at radius 2 is 1.93 bits per heavy atom. The van der Waals surface area contributed by atoms with Crippen LogP contribution in [0, 0.1) is 13.8 Å². The standard InChI is InChI=1S/C20H20ClN3O3S/c1-13-7-3-4-8-15(13)19-22-20(27-23-19)17-10-6-12-24(17)28(25,26)18-11-5-9-16(21)14(18)2/h3-5,7-9,11,17H,6,10,12H2,1-2H3/t17-/m1/s1. The Morgan fingerprint density at radius 3 is 2.71 bits per heavy atom. The second kappa shape index (κ2) is 7.31. The Morgan fingerprint density at radius 1 is 1.14 bits per heavy atom. The minimum atomic E-state index is -3.73. The zero-order chi connectivity index (χ0) is 19.9. The summed E-state index contributed by atoms with van der Waals surface area (Å²) < 4.78 is 33.5. The van der Waals surface area contributed by atoms with Gasteiger partial charge in [0, 0.05) is 17.1 Å². The van der Waals surface area contributed by atoms with Gasteiger partial charge < -0.3 is 4.52 Å². The molecule has 0 radical (unpaired) electrons. The number of halogens is 1. The van der Waals surface area contributed by atoms with E-state index in [1.54, 1.807) is 25.1 Å². The summed E-state index contributed by atoms with van der Waals surface area (Å²) in [6, 6.07) is 12.2. The van der Waals surface area contributed by atoms with Gasteiger partial charge in [0.1, 0.15) is 6.04 Å². The fourth-order valence-corrected chi connectivity index (χ4v) is 5.70. The van der Waals surface area contributed by atoms with Gasteiger partial charge in [0.2, 0.25) is 21.7 Å². The Hall–Kier alpha value is -2.22. The van der Waals surface area contributed by atoms with Crippen LogP contribution in [0.1, 0.15) is 35.9 Å². The molecule has 1 atom stereocenters. The summed E-state index contributed by atoms with van der Waals surface area (Å²) in [5.41, 5.74) is 2.44. The largest absolute Gasteiger partial charge is 0.337 e. The van der Waals surface area contributed by atoms with E-state index in [0.29, 0.717) is 35.3 Å². The summed E-state index contributed by atoms with van der Waals surface area (Å²) in [7, 11) is -3.73. The van der Waals surface area contributed by atoms with Crippen molar-refractivity contribution < 1.29 is 12.9 Å². The molecule has 6 nitrogen and oxygen atoms in total. The molecular formula is C20H20ClN3O3S. The lowest BCUT2D eigenvalue weighted by molar-refractivity contribution is 0.290. The van der Waals surface area contributed by atoms with Crippen LogP contribution >= 0.6 is 11.6 Å². The molecule has 0 saturated carbocycles. The average molecular weight is 418 g/mol. The quantitative estimate of drug-likeness (QED) is 0.623. The van der Waals surface area contributed by atoms with E-state index < -0.39 is 16.1 Å². The Balaban J connectivity index is 1.70. The number of rotatable bonds is 4. The van der Waals surface area contributed by atoms with Crippen LogP contribution in [-0.2, 0) is 10.0 Å². The number of hydrogen-bond acceptors (Lipinski definition) is 5. The second-order valence-corrected chi connectivity index (χ2v) is 9.17. The number of hydrogen-bond donors (Lipinski definition) is 0. The third-order valence-corrected chi connectivity index (χ3v) is 7.58. The Bertz CT molecular complexity index is 1130. The Labute approximate surface area is 169 Å². The fourth-order valence-electron chi connectivity index (χ4n) is 3.57. The van der Waals surface area contributed by atoms with Crippen LogP contribution in [0.25, 0.3) is 11.4 Å². The van der Waals surface area contributed by atoms with E-state index in [0.717, 1.165) is 17.5 Å². The molecule has 0 bridgehead atoms. The summed E-state index contributed by atoms with van der Waals surface area (Å²) in [5.74, 6) is 0.787. The van der Waals surface area contributed by atoms with E-state index in [1.807, 2.05) is 31.2 Å². The van der Waals surface area contributed by atoms with Crippen LogP contribution in [-0.4, -0.2) is 29.4 Å². The predicted molar refractivity (Wildman–Crippen MR) is 107 cm³/mol. The maximum atomic E-state index is 13.3. The molecule has 2 aromatic carbocycles. The first-order valence-electron chi connectivity index (χ1n) is 9.06. The summed E-state index contributed by atoms with van der Waals surface area (Å²) >= 11 is 6.14. The molecule has 146 valence electrons. The average Bonchev–Trinajstić information content (AvgIpc) is 3.33. The SMILES string of the molecule is Cc1ccccc1-c1noc([C@H]2CCCN2S(=O)(=O)c2cccc(Cl)c2C)n1. The van der Waals surface area contributed by atoms with Crippen molar-refractivity contribution in [2.75, 3.05) is 6.54 Å². The number of benzene rings is 2. The summed E-state index contributed by atoms with van der Waals surface area (Å²) in [4.78, 5) is 4.72. The molecule has 1 aliphatic rings. The van der Waals surface area contributed by atoms with E-state index in [1.165, 1.54) is 4.31 Å². The highest BCUT2D eigenvalue weighted by Gasteiger charge is 2.40. The number of aryl methyl sites for hydroxylation is 1. The first-order chi connectivity index (χ1) is 13.4. The van der Waals surface area contributed by atoms with Gasteiger partial charge in [0.25, 0.3) is 0 Å². The molecular weight excluding hydrogens is 398 g/mol. The van der Waals surface area contributed by atoms with Crippen LogP contribution in [0.5, 0.6) is 0 Å². The Kier molecular flexibility index (Phi) is 4.99. The van der Waals surface area contributed by atoms with Crippen molar-refractivity contribution in [3.8, 4) is 11.4 Å². The molecule has 0 unspecified atom stereocenters. The number of aromatic nitrogens is 2. The number of nitrogens with zero attached hydrogens (tertiary/aromatic N) is 3. The van der Waals surface area contributed by atoms with Crippen LogP contribution in [0.3, 0.4) is 0 Å². The summed E-state index contributed by atoms with van der Waals surface area (Å²) in [6.45, 7) is 4.09. The van der Waals surface area contributed by atoms with Crippen LogP contribution in [0.4, 0.5) is 0 Å². The van der Waals surface area contributed by atoms with Crippen molar-refractivity contribution >= 4 is 21.6 Å². The van der Waals surface area contributed by atoms with E-state index in [2.05, 4.69) is 10.1 Å². The predicted octanol–water partition coefficient (Wildman–Crippen LogP) is 4.53. The van der Waals surface area contributed by atoms with Gasteiger partial charge in [0.15, 0.2) is 0 Å². The van der Waals surface area contributed by atoms with Crippen molar-refractivity contribution in [1.82, 2.24) is 14.4 Å². The molecule has 0 amide bonds. The third kappa shape index (κ3) is 3.23. The van der Waals surface area contributed by atoms with Crippen LogP contribution < -0.4 is 0 Å². The van der Waals surface area contributed by atoms with Crippen molar-refractivity contribution in [1.29, 1.82) is 0 Å². The lowest BCUT2D eigenvalue weighted by atomic mass is 10.1. The van der Waals surface area contributed by atoms with Gasteiger partial charge in [-0.25, -0.2) is 8.42 Å². The lowest BCUT2D eigenvalue weighted by Crippen LogP contribution is -2.31. The molecule has 1 fully saturated rings. The van der Waals surface area contributed by atoms with Gasteiger partial charge in [0.05, 0.1) is 4.90 Å². The van der Waals surface area contributed by atoms with Gasteiger partial charge in [-0.1, -0.05) is 47.1 Å². The molecule has 8 heteroatoms. The highest BCUT2D eigenvalue weighted by molar-refractivity contribution is 7.89. The molecule has 1 aliphatic heterocycles. The first-order valence-corrected chi connectivity index (χ1v) is 10.9. The van der Waals surface area contributed by atoms with E-state index >= 15 is 0 Å². The molecule has 28 heavy (non-hydrogen) atoms. The van der Waals surface area contributed by atoms with Crippen molar-refractivity contribution in [2.45, 2.75) is 37.6 Å². The molecule has 2 heterocycles. The van der Waals surface area contributed by atoms with Gasteiger partial charge >= 0.3 is 0 Å². The molecule has 0 aliphatic carbocycles. The van der Waals surface area contributed by atoms with Gasteiger partial charge in [-0.3, -0.25) is 0 Å². The molecule has 0 N–H and O–H groups in total. The van der Waals surface area contributed by atoms with Gasteiger partial charge in [-0.15, -0.1) is 0 Å². The zero-order valence-electron chi connectivity index (χ0n) is 15.6. The molecule has 1 aromatic heterocycles. The minimum absolute atomic E-state index is 0.213. The van der Waals surface area contributed by atoms with Crippen LogP contribution in [0.2, 0.25) is 5.02 Å². The molecule has 3 aromatic rings. The first kappa shape index (κ1) is 19.1. The monoisotopic (exact) mass is 417 g/mol. The maximum Gasteiger partial charge on any atom is 0.245 e. The number of sulfonamides is 1. The smallest absolute Gasteiger partial charge is 0.245 e. The van der Waals surface area contributed by atoms with Crippen LogP contribution in [0.15, 0.2) is 51.9 Å². The molecule has 0 spiro atoms. The highest BCUT2D eigenvalue weighted by Crippen LogP contribution is 2.38. The van der Waals surface area contributed by atoms with Gasteiger partial charge in [-0.05, 0) is 49.9 Å². The van der Waals surface area contributed by atoms with Crippen molar-refractivity contribution in [3.63, 3.8) is 0 Å². The van der Waals surface area contributed by atoms with E-state index in [9.17, 15) is 8.42 Å². The molecule has 1 saturated heterocycles. The summed E-state index contributed by atoms with van der Waals surface area (Å²) in [5, 5.41) is 4.51. The third-order valence-electron chi connectivity index (χ3n) is 5.12. The zero-order valence-corrected chi connectivity index (χ0v) is 17.2. The second-order valence-electron chi connectivity index (χ2n) is 6.91. The lowest BCUT2D eigenvalue weighted by Gasteiger charge is -2.22. The fraction of sp³-hybridized carbons (Fsp3) is 0.300. The van der Waals surface area contributed by atoms with Crippen molar-refractivity contribution in [3.05, 3.63) is 64.5 Å². The summed E-state index contributed by atoms with van der Waals surface area (Å²) in [6.07, 6.45) is 1.36. The minimum Gasteiger partial charge on any atom is -0.337 e. The van der Waals surface area contributed by atoms with E-state index in [-0.39, 0.29) is 4.90 Å². The normalized spacial score (nSPS) is 17.9. The molecule has 4 rings (SSSR count).